The maximum Gasteiger partial charge on any atom is 0.240 e. The van der Waals surface area contributed by atoms with Crippen LogP contribution in [-0.4, -0.2) is 20.9 Å². The molecule has 1 aliphatic carbocycles. The van der Waals surface area contributed by atoms with Gasteiger partial charge in [-0.15, -0.1) is 0 Å². The smallest absolute Gasteiger partial charge is 0.240 e. The fourth-order valence-corrected chi connectivity index (χ4v) is 4.70. The second-order valence-corrected chi connectivity index (χ2v) is 9.35. The van der Waals surface area contributed by atoms with Gasteiger partial charge in [0, 0.05) is 19.0 Å². The van der Waals surface area contributed by atoms with Crippen molar-refractivity contribution in [3.63, 3.8) is 0 Å². The molecule has 0 heterocycles. The van der Waals surface area contributed by atoms with Gasteiger partial charge in [-0.2, -0.15) is 0 Å². The molecule has 0 bridgehead atoms. The first-order valence-corrected chi connectivity index (χ1v) is 11.3. The molecule has 0 saturated heterocycles. The van der Waals surface area contributed by atoms with Crippen LogP contribution >= 0.6 is 0 Å². The maximum absolute atomic E-state index is 12.4. The van der Waals surface area contributed by atoms with Gasteiger partial charge in [-0.25, -0.2) is 13.1 Å². The first-order valence-electron chi connectivity index (χ1n) is 9.82. The minimum atomic E-state index is -3.47. The van der Waals surface area contributed by atoms with Crippen LogP contribution in [0.15, 0.2) is 59.5 Å². The summed E-state index contributed by atoms with van der Waals surface area (Å²) in [5, 5.41) is 3.02. The van der Waals surface area contributed by atoms with Gasteiger partial charge < -0.3 is 5.32 Å². The summed E-state index contributed by atoms with van der Waals surface area (Å²) in [7, 11) is -3.47. The van der Waals surface area contributed by atoms with E-state index in [1.807, 2.05) is 37.3 Å². The molecule has 5 nitrogen and oxygen atoms in total. The van der Waals surface area contributed by atoms with Crippen LogP contribution in [0.4, 0.5) is 0 Å². The quantitative estimate of drug-likeness (QED) is 0.748. The first-order chi connectivity index (χ1) is 13.4. The van der Waals surface area contributed by atoms with Gasteiger partial charge in [-0.05, 0) is 56.2 Å². The number of rotatable bonds is 7. The maximum atomic E-state index is 12.4. The molecule has 3 rings (SSSR count). The lowest BCUT2D eigenvalue weighted by Crippen LogP contribution is -2.36. The number of hydrogen-bond donors (Lipinski definition) is 2. The molecule has 2 N–H and O–H groups in total. The lowest BCUT2D eigenvalue weighted by atomic mass is 9.81. The predicted octanol–water partition coefficient (Wildman–Crippen LogP) is 3.40. The zero-order chi connectivity index (χ0) is 20.0. The number of aryl methyl sites for hydroxylation is 1. The standard InChI is InChI=1S/C22H28N2O3S/c1-17-7-13-21(14-8-17)28(26,27)24-16-19-9-11-20(12-10-19)22(25)23-15-18-5-3-2-4-6-18/h2-8,13-14,19-20,24H,9-12,15-16H2,1H3,(H,23,25). The van der Waals surface area contributed by atoms with Crippen LogP contribution in [-0.2, 0) is 21.4 Å². The van der Waals surface area contributed by atoms with E-state index in [4.69, 9.17) is 0 Å². The van der Waals surface area contributed by atoms with E-state index in [1.54, 1.807) is 24.3 Å². The van der Waals surface area contributed by atoms with Crippen molar-refractivity contribution in [2.75, 3.05) is 6.54 Å². The highest BCUT2D eigenvalue weighted by Gasteiger charge is 2.27. The third-order valence-electron chi connectivity index (χ3n) is 5.42. The molecule has 28 heavy (non-hydrogen) atoms. The molecule has 0 aliphatic heterocycles. The molecule has 1 saturated carbocycles. The Morgan fingerprint density at radius 1 is 0.964 bits per heavy atom. The van der Waals surface area contributed by atoms with Gasteiger partial charge in [0.2, 0.25) is 15.9 Å². The van der Waals surface area contributed by atoms with E-state index in [9.17, 15) is 13.2 Å². The number of benzene rings is 2. The molecule has 2 aromatic carbocycles. The Bertz CT molecular complexity index is 872. The van der Waals surface area contributed by atoms with Crippen LogP contribution in [0, 0.1) is 18.8 Å². The molecule has 1 amide bonds. The predicted molar refractivity (Wildman–Crippen MR) is 110 cm³/mol. The topological polar surface area (TPSA) is 75.3 Å². The van der Waals surface area contributed by atoms with E-state index in [1.165, 1.54) is 0 Å². The van der Waals surface area contributed by atoms with E-state index >= 15 is 0 Å². The fraction of sp³-hybridized carbons (Fsp3) is 0.409. The van der Waals surface area contributed by atoms with Crippen LogP contribution < -0.4 is 10.0 Å². The Hall–Kier alpha value is -2.18. The van der Waals surface area contributed by atoms with Gasteiger partial charge in [-0.3, -0.25) is 4.79 Å². The Labute approximate surface area is 167 Å². The highest BCUT2D eigenvalue weighted by Crippen LogP contribution is 2.29. The zero-order valence-corrected chi connectivity index (χ0v) is 17.0. The molecule has 150 valence electrons. The Morgan fingerprint density at radius 2 is 1.61 bits per heavy atom. The normalized spacial score (nSPS) is 19.9. The van der Waals surface area contributed by atoms with Gasteiger partial charge in [0.15, 0.2) is 0 Å². The monoisotopic (exact) mass is 400 g/mol. The average molecular weight is 401 g/mol. The SMILES string of the molecule is Cc1ccc(S(=O)(=O)NCC2CCC(C(=O)NCc3ccccc3)CC2)cc1. The molecule has 1 fully saturated rings. The van der Waals surface area contributed by atoms with E-state index in [-0.39, 0.29) is 17.7 Å². The van der Waals surface area contributed by atoms with Crippen LogP contribution in [0.5, 0.6) is 0 Å². The molecule has 0 aromatic heterocycles. The number of amides is 1. The minimum Gasteiger partial charge on any atom is -0.352 e. The van der Waals surface area contributed by atoms with Crippen molar-refractivity contribution in [2.24, 2.45) is 11.8 Å². The zero-order valence-electron chi connectivity index (χ0n) is 16.2. The highest BCUT2D eigenvalue weighted by molar-refractivity contribution is 7.89. The van der Waals surface area contributed by atoms with Gasteiger partial charge in [0.25, 0.3) is 0 Å². The lowest BCUT2D eigenvalue weighted by Gasteiger charge is -2.28. The van der Waals surface area contributed by atoms with E-state index in [0.717, 1.165) is 36.8 Å². The van der Waals surface area contributed by atoms with E-state index in [0.29, 0.717) is 18.0 Å². The Balaban J connectivity index is 1.42. The van der Waals surface area contributed by atoms with Crippen molar-refractivity contribution >= 4 is 15.9 Å². The second-order valence-electron chi connectivity index (χ2n) is 7.59. The Kier molecular flexibility index (Phi) is 6.86. The summed E-state index contributed by atoms with van der Waals surface area (Å²) in [6.45, 7) is 2.91. The molecule has 1 aliphatic rings. The number of nitrogens with one attached hydrogen (secondary N) is 2. The van der Waals surface area contributed by atoms with Crippen LogP contribution in [0.3, 0.4) is 0 Å². The average Bonchev–Trinajstić information content (AvgIpc) is 2.72. The van der Waals surface area contributed by atoms with Crippen molar-refractivity contribution in [3.05, 3.63) is 65.7 Å². The molecule has 0 atom stereocenters. The summed E-state index contributed by atoms with van der Waals surface area (Å²) < 4.78 is 27.5. The van der Waals surface area contributed by atoms with Crippen LogP contribution in [0.25, 0.3) is 0 Å². The van der Waals surface area contributed by atoms with Gasteiger partial charge >= 0.3 is 0 Å². The summed E-state index contributed by atoms with van der Waals surface area (Å²) in [6.07, 6.45) is 3.33. The first kappa shape index (κ1) is 20.6. The van der Waals surface area contributed by atoms with E-state index < -0.39 is 10.0 Å². The molecule has 2 aromatic rings. The lowest BCUT2D eigenvalue weighted by molar-refractivity contribution is -0.126. The van der Waals surface area contributed by atoms with Crippen molar-refractivity contribution in [1.29, 1.82) is 0 Å². The summed E-state index contributed by atoms with van der Waals surface area (Å²) in [4.78, 5) is 12.7. The van der Waals surface area contributed by atoms with E-state index in [2.05, 4.69) is 10.0 Å². The number of carbonyl (C=O) groups is 1. The van der Waals surface area contributed by atoms with Gasteiger partial charge in [0.05, 0.1) is 4.90 Å². The fourth-order valence-electron chi connectivity index (χ4n) is 3.59. The Morgan fingerprint density at radius 3 is 2.25 bits per heavy atom. The molecule has 0 radical (unpaired) electrons. The van der Waals surface area contributed by atoms with Crippen molar-refractivity contribution in [1.82, 2.24) is 10.0 Å². The van der Waals surface area contributed by atoms with Crippen molar-refractivity contribution in [3.8, 4) is 0 Å². The minimum absolute atomic E-state index is 0.0219. The molecular weight excluding hydrogens is 372 g/mol. The largest absolute Gasteiger partial charge is 0.352 e. The highest BCUT2D eigenvalue weighted by atomic mass is 32.2. The summed E-state index contributed by atoms with van der Waals surface area (Å²) in [5.74, 6) is 0.398. The molecule has 0 unspecified atom stereocenters. The van der Waals surface area contributed by atoms with Crippen LogP contribution in [0.2, 0.25) is 0 Å². The van der Waals surface area contributed by atoms with Crippen molar-refractivity contribution < 1.29 is 13.2 Å². The number of carbonyl (C=O) groups excluding carboxylic acids is 1. The molecule has 0 spiro atoms. The number of sulfonamides is 1. The molecular formula is C22H28N2O3S. The van der Waals surface area contributed by atoms with Crippen molar-refractivity contribution in [2.45, 2.75) is 44.0 Å². The third-order valence-corrected chi connectivity index (χ3v) is 6.86. The molecule has 6 heteroatoms. The van der Waals surface area contributed by atoms with Gasteiger partial charge in [0.1, 0.15) is 0 Å². The summed E-state index contributed by atoms with van der Waals surface area (Å²) in [6, 6.07) is 16.7. The third kappa shape index (κ3) is 5.66. The summed E-state index contributed by atoms with van der Waals surface area (Å²) in [5.41, 5.74) is 2.12. The summed E-state index contributed by atoms with van der Waals surface area (Å²) >= 11 is 0. The number of hydrogen-bond acceptors (Lipinski definition) is 3. The van der Waals surface area contributed by atoms with Gasteiger partial charge in [-0.1, -0.05) is 48.0 Å². The van der Waals surface area contributed by atoms with Crippen LogP contribution in [0.1, 0.15) is 36.8 Å². The second kappa shape index (κ2) is 9.34.